The van der Waals surface area contributed by atoms with Crippen LogP contribution in [0.25, 0.3) is 0 Å². The summed E-state index contributed by atoms with van der Waals surface area (Å²) >= 11 is 0. The molecule has 2 N–H and O–H groups in total. The van der Waals surface area contributed by atoms with Crippen LogP contribution in [0.15, 0.2) is 0 Å². The Hall–Kier alpha value is -0.610. The molecule has 1 fully saturated rings. The second-order valence-electron chi connectivity index (χ2n) is 4.95. The Morgan fingerprint density at radius 1 is 1.44 bits per heavy atom. The molecule has 1 aliphatic heterocycles. The van der Waals surface area contributed by atoms with Gasteiger partial charge in [-0.05, 0) is 31.2 Å². The van der Waals surface area contributed by atoms with E-state index in [1.54, 1.807) is 0 Å². The molecular weight excluding hydrogens is 204 g/mol. The van der Waals surface area contributed by atoms with Crippen molar-refractivity contribution < 1.29 is 9.53 Å². The molecule has 0 spiro atoms. The molecule has 1 amide bonds. The third kappa shape index (κ3) is 3.76. The van der Waals surface area contributed by atoms with E-state index in [9.17, 15) is 4.79 Å². The number of hydrogen-bond donors (Lipinski definition) is 1. The van der Waals surface area contributed by atoms with Gasteiger partial charge in [0, 0.05) is 19.7 Å². The summed E-state index contributed by atoms with van der Waals surface area (Å²) in [4.78, 5) is 13.6. The summed E-state index contributed by atoms with van der Waals surface area (Å²) in [6.07, 6.45) is 2.96. The molecule has 0 aromatic carbocycles. The molecule has 1 saturated heterocycles. The average molecular weight is 228 g/mol. The van der Waals surface area contributed by atoms with E-state index in [0.29, 0.717) is 13.2 Å². The highest BCUT2D eigenvalue weighted by Gasteiger charge is 2.30. The molecule has 0 unspecified atom stereocenters. The van der Waals surface area contributed by atoms with E-state index in [4.69, 9.17) is 10.5 Å². The molecular formula is C12H24N2O2. The normalized spacial score (nSPS) is 19.8. The maximum atomic E-state index is 11.7. The third-order valence-electron chi connectivity index (χ3n) is 3.39. The first kappa shape index (κ1) is 13.5. The lowest BCUT2D eigenvalue weighted by Gasteiger charge is -2.38. The second-order valence-corrected chi connectivity index (χ2v) is 4.95. The first-order valence-corrected chi connectivity index (χ1v) is 6.17. The minimum absolute atomic E-state index is 0.118. The smallest absolute Gasteiger partial charge is 0.248 e. The standard InChI is InChI=1S/C12H24N2O2/c1-3-8-16-9-11(15)14-6-4-12(2,10-13)5-7-14/h3-10,13H2,1-2H3. The molecule has 1 rings (SSSR count). The average Bonchev–Trinajstić information content (AvgIpc) is 2.30. The quantitative estimate of drug-likeness (QED) is 0.714. The van der Waals surface area contributed by atoms with Crippen LogP contribution in [-0.4, -0.2) is 43.7 Å². The number of amides is 1. The Morgan fingerprint density at radius 3 is 2.56 bits per heavy atom. The third-order valence-corrected chi connectivity index (χ3v) is 3.39. The fraction of sp³-hybridized carbons (Fsp3) is 0.917. The van der Waals surface area contributed by atoms with Gasteiger partial charge in [-0.25, -0.2) is 0 Å². The predicted octanol–water partition coefficient (Wildman–Crippen LogP) is 1.00. The van der Waals surface area contributed by atoms with Crippen molar-refractivity contribution in [3.8, 4) is 0 Å². The number of nitrogens with two attached hydrogens (primary N) is 1. The fourth-order valence-electron chi connectivity index (χ4n) is 1.90. The molecule has 1 aliphatic rings. The maximum absolute atomic E-state index is 11.7. The number of carbonyl (C=O) groups excluding carboxylic acids is 1. The first-order valence-electron chi connectivity index (χ1n) is 6.17. The van der Waals surface area contributed by atoms with Gasteiger partial charge in [0.05, 0.1) is 0 Å². The molecule has 0 atom stereocenters. The summed E-state index contributed by atoms with van der Waals surface area (Å²) in [5.41, 5.74) is 5.95. The molecule has 1 heterocycles. The van der Waals surface area contributed by atoms with E-state index in [1.807, 2.05) is 11.8 Å². The van der Waals surface area contributed by atoms with E-state index in [2.05, 4.69) is 6.92 Å². The van der Waals surface area contributed by atoms with Gasteiger partial charge in [0.1, 0.15) is 6.61 Å². The van der Waals surface area contributed by atoms with Gasteiger partial charge in [-0.2, -0.15) is 0 Å². The van der Waals surface area contributed by atoms with Gasteiger partial charge < -0.3 is 15.4 Å². The van der Waals surface area contributed by atoms with Crippen LogP contribution < -0.4 is 5.73 Å². The highest BCUT2D eigenvalue weighted by molar-refractivity contribution is 5.77. The summed E-state index contributed by atoms with van der Waals surface area (Å²) in [7, 11) is 0. The van der Waals surface area contributed by atoms with Crippen LogP contribution in [0.3, 0.4) is 0 Å². The number of carbonyl (C=O) groups is 1. The van der Waals surface area contributed by atoms with Gasteiger partial charge >= 0.3 is 0 Å². The lowest BCUT2D eigenvalue weighted by Crippen LogP contribution is -2.45. The molecule has 0 radical (unpaired) electrons. The Kier molecular flexibility index (Phi) is 5.22. The predicted molar refractivity (Wildman–Crippen MR) is 64.1 cm³/mol. The molecule has 0 bridgehead atoms. The van der Waals surface area contributed by atoms with Crippen molar-refractivity contribution in [2.45, 2.75) is 33.1 Å². The molecule has 0 aromatic rings. The zero-order valence-corrected chi connectivity index (χ0v) is 10.5. The highest BCUT2D eigenvalue weighted by atomic mass is 16.5. The Bertz CT molecular complexity index is 223. The van der Waals surface area contributed by atoms with Gasteiger partial charge in [-0.15, -0.1) is 0 Å². The van der Waals surface area contributed by atoms with Crippen LogP contribution in [0, 0.1) is 5.41 Å². The molecule has 0 aliphatic carbocycles. The van der Waals surface area contributed by atoms with Crippen molar-refractivity contribution in [3.63, 3.8) is 0 Å². The monoisotopic (exact) mass is 228 g/mol. The van der Waals surface area contributed by atoms with Gasteiger partial charge in [0.25, 0.3) is 0 Å². The van der Waals surface area contributed by atoms with Crippen LogP contribution in [0.2, 0.25) is 0 Å². The summed E-state index contributed by atoms with van der Waals surface area (Å²) in [6, 6.07) is 0. The second kappa shape index (κ2) is 6.21. The van der Waals surface area contributed by atoms with E-state index in [1.165, 1.54) is 0 Å². The zero-order chi connectivity index (χ0) is 12.0. The van der Waals surface area contributed by atoms with Gasteiger partial charge in [-0.3, -0.25) is 4.79 Å². The minimum Gasteiger partial charge on any atom is -0.372 e. The van der Waals surface area contributed by atoms with Crippen LogP contribution in [0.1, 0.15) is 33.1 Å². The lowest BCUT2D eigenvalue weighted by atomic mass is 9.80. The number of likely N-dealkylation sites (tertiary alicyclic amines) is 1. The van der Waals surface area contributed by atoms with Crippen molar-refractivity contribution in [2.75, 3.05) is 32.8 Å². The van der Waals surface area contributed by atoms with E-state index >= 15 is 0 Å². The largest absolute Gasteiger partial charge is 0.372 e. The Balaban J connectivity index is 2.27. The first-order chi connectivity index (χ1) is 7.61. The summed E-state index contributed by atoms with van der Waals surface area (Å²) in [5, 5.41) is 0. The SMILES string of the molecule is CCCOCC(=O)N1CCC(C)(CN)CC1. The summed E-state index contributed by atoms with van der Waals surface area (Å²) in [6.45, 7) is 7.49. The van der Waals surface area contributed by atoms with Crippen LogP contribution in [-0.2, 0) is 9.53 Å². The summed E-state index contributed by atoms with van der Waals surface area (Å²) in [5.74, 6) is 0.118. The lowest BCUT2D eigenvalue weighted by molar-refractivity contribution is -0.138. The Morgan fingerprint density at radius 2 is 2.06 bits per heavy atom. The van der Waals surface area contributed by atoms with Crippen molar-refractivity contribution in [2.24, 2.45) is 11.1 Å². The molecule has 16 heavy (non-hydrogen) atoms. The number of nitrogens with zero attached hydrogens (tertiary/aromatic N) is 1. The molecule has 0 saturated carbocycles. The van der Waals surface area contributed by atoms with Gasteiger partial charge in [-0.1, -0.05) is 13.8 Å². The van der Waals surface area contributed by atoms with Crippen molar-refractivity contribution in [3.05, 3.63) is 0 Å². The molecule has 94 valence electrons. The molecule has 4 heteroatoms. The van der Waals surface area contributed by atoms with Gasteiger partial charge in [0.15, 0.2) is 0 Å². The Labute approximate surface area is 98.1 Å². The van der Waals surface area contributed by atoms with Crippen LogP contribution in [0.5, 0.6) is 0 Å². The maximum Gasteiger partial charge on any atom is 0.248 e. The number of rotatable bonds is 5. The van der Waals surface area contributed by atoms with Crippen LogP contribution in [0.4, 0.5) is 0 Å². The zero-order valence-electron chi connectivity index (χ0n) is 10.5. The van der Waals surface area contributed by atoms with E-state index in [-0.39, 0.29) is 17.9 Å². The van der Waals surface area contributed by atoms with E-state index < -0.39 is 0 Å². The fourth-order valence-corrected chi connectivity index (χ4v) is 1.90. The minimum atomic E-state index is 0.118. The molecule has 0 aromatic heterocycles. The van der Waals surface area contributed by atoms with Crippen molar-refractivity contribution >= 4 is 5.91 Å². The van der Waals surface area contributed by atoms with Gasteiger partial charge in [0.2, 0.25) is 5.91 Å². The molecule has 4 nitrogen and oxygen atoms in total. The summed E-state index contributed by atoms with van der Waals surface area (Å²) < 4.78 is 5.26. The van der Waals surface area contributed by atoms with Crippen LogP contribution >= 0.6 is 0 Å². The van der Waals surface area contributed by atoms with E-state index in [0.717, 1.165) is 32.4 Å². The van der Waals surface area contributed by atoms with Crippen molar-refractivity contribution in [1.29, 1.82) is 0 Å². The van der Waals surface area contributed by atoms with Crippen molar-refractivity contribution in [1.82, 2.24) is 4.90 Å². The topological polar surface area (TPSA) is 55.6 Å². The number of piperidine rings is 1. The number of ether oxygens (including phenoxy) is 1. The highest BCUT2D eigenvalue weighted by Crippen LogP contribution is 2.29. The number of hydrogen-bond acceptors (Lipinski definition) is 3.